The van der Waals surface area contributed by atoms with Gasteiger partial charge in [-0.1, -0.05) is 30.3 Å². The lowest BCUT2D eigenvalue weighted by Gasteiger charge is -2.26. The Balaban J connectivity index is 1.39. The molecule has 0 radical (unpaired) electrons. The second-order valence-corrected chi connectivity index (χ2v) is 8.06. The number of aromatic nitrogens is 3. The third kappa shape index (κ3) is 4.17. The highest BCUT2D eigenvalue weighted by Gasteiger charge is 2.21. The second-order valence-electron chi connectivity index (χ2n) is 8.06. The molecule has 1 fully saturated rings. The Morgan fingerprint density at radius 1 is 1.06 bits per heavy atom. The van der Waals surface area contributed by atoms with Crippen LogP contribution >= 0.6 is 0 Å². The Bertz CT molecular complexity index is 1360. The third-order valence-electron chi connectivity index (χ3n) is 5.88. The number of hydrogen-bond donors (Lipinski definition) is 2. The first-order chi connectivity index (χ1) is 16.1. The van der Waals surface area contributed by atoms with Crippen LogP contribution in [0.1, 0.15) is 29.8 Å². The predicted octanol–water partition coefficient (Wildman–Crippen LogP) is 3.25. The van der Waals surface area contributed by atoms with Crippen LogP contribution < -0.4 is 11.1 Å². The summed E-state index contributed by atoms with van der Waals surface area (Å²) >= 11 is 0. The Morgan fingerprint density at radius 3 is 2.64 bits per heavy atom. The monoisotopic (exact) mass is 445 g/mol. The maximum absolute atomic E-state index is 12.9. The van der Waals surface area contributed by atoms with E-state index >= 15 is 0 Å². The predicted molar refractivity (Wildman–Crippen MR) is 123 cm³/mol. The summed E-state index contributed by atoms with van der Waals surface area (Å²) in [5, 5.41) is 9.61. The van der Waals surface area contributed by atoms with Crippen molar-refractivity contribution in [3.05, 3.63) is 71.0 Å². The SMILES string of the molecule is O=C(Nc1ccc2oc(=O)n(CC(=O)N3CCCCC3)c2c1)c1[nH]ncc1-c1ccccc1. The number of benzene rings is 2. The van der Waals surface area contributed by atoms with Gasteiger partial charge in [-0.15, -0.1) is 0 Å². The molecule has 9 heteroatoms. The summed E-state index contributed by atoms with van der Waals surface area (Å²) in [5.74, 6) is -1.08. The number of hydrogen-bond acceptors (Lipinski definition) is 5. The first kappa shape index (κ1) is 20.7. The van der Waals surface area contributed by atoms with Crippen molar-refractivity contribution in [2.24, 2.45) is 0 Å². The Hall–Kier alpha value is -4.14. The van der Waals surface area contributed by atoms with Gasteiger partial charge in [-0.05, 0) is 43.0 Å². The van der Waals surface area contributed by atoms with Crippen molar-refractivity contribution < 1.29 is 14.0 Å². The Morgan fingerprint density at radius 2 is 1.85 bits per heavy atom. The maximum Gasteiger partial charge on any atom is 0.420 e. The number of carbonyl (C=O) groups is 2. The van der Waals surface area contributed by atoms with Gasteiger partial charge in [-0.25, -0.2) is 4.79 Å². The highest BCUT2D eigenvalue weighted by atomic mass is 16.4. The molecule has 168 valence electrons. The second kappa shape index (κ2) is 8.78. The van der Waals surface area contributed by atoms with Gasteiger partial charge in [0.25, 0.3) is 5.91 Å². The molecule has 33 heavy (non-hydrogen) atoms. The number of H-pyrrole nitrogens is 1. The number of anilines is 1. The van der Waals surface area contributed by atoms with Crippen LogP contribution in [0.25, 0.3) is 22.2 Å². The van der Waals surface area contributed by atoms with E-state index in [0.29, 0.717) is 41.1 Å². The van der Waals surface area contributed by atoms with Crippen LogP contribution in [0, 0.1) is 0 Å². The zero-order valence-electron chi connectivity index (χ0n) is 17.9. The van der Waals surface area contributed by atoms with Gasteiger partial charge >= 0.3 is 5.76 Å². The number of oxazole rings is 1. The number of carbonyl (C=O) groups excluding carboxylic acids is 2. The molecule has 0 spiro atoms. The molecule has 2 aromatic carbocycles. The molecular formula is C24H23N5O4. The summed E-state index contributed by atoms with van der Waals surface area (Å²) in [6, 6.07) is 14.4. The van der Waals surface area contributed by atoms with E-state index in [1.54, 1.807) is 29.3 Å². The van der Waals surface area contributed by atoms with Crippen LogP contribution in [-0.4, -0.2) is 44.6 Å². The van der Waals surface area contributed by atoms with Crippen molar-refractivity contribution in [2.75, 3.05) is 18.4 Å². The lowest BCUT2D eigenvalue weighted by Crippen LogP contribution is -2.39. The van der Waals surface area contributed by atoms with Crippen molar-refractivity contribution in [1.82, 2.24) is 19.7 Å². The molecule has 0 atom stereocenters. The molecule has 3 heterocycles. The fraction of sp³-hybridized carbons (Fsp3) is 0.250. The molecule has 2 aromatic heterocycles. The number of rotatable bonds is 5. The van der Waals surface area contributed by atoms with Crippen LogP contribution in [0.15, 0.2) is 63.9 Å². The lowest BCUT2D eigenvalue weighted by atomic mass is 10.1. The number of nitrogens with zero attached hydrogens (tertiary/aromatic N) is 3. The van der Waals surface area contributed by atoms with Crippen molar-refractivity contribution in [1.29, 1.82) is 0 Å². The zero-order valence-corrected chi connectivity index (χ0v) is 17.9. The van der Waals surface area contributed by atoms with E-state index in [1.165, 1.54) is 4.57 Å². The first-order valence-electron chi connectivity index (χ1n) is 10.9. The summed E-state index contributed by atoms with van der Waals surface area (Å²) in [5.41, 5.74) is 3.16. The number of amides is 2. The van der Waals surface area contributed by atoms with Crippen molar-refractivity contribution >= 4 is 28.6 Å². The minimum absolute atomic E-state index is 0.0953. The summed E-state index contributed by atoms with van der Waals surface area (Å²) in [7, 11) is 0. The number of nitrogens with one attached hydrogen (secondary N) is 2. The Kier molecular flexibility index (Phi) is 5.52. The van der Waals surface area contributed by atoms with Gasteiger partial charge in [0.1, 0.15) is 12.2 Å². The lowest BCUT2D eigenvalue weighted by molar-refractivity contribution is -0.132. The standard InChI is InChI=1S/C24H23N5O4/c30-21(28-11-5-2-6-12-28)15-29-19-13-17(9-10-20(19)33-24(29)32)26-23(31)22-18(14-25-27-22)16-7-3-1-4-8-16/h1,3-4,7-10,13-14H,2,5-6,11-12,15H2,(H,25,27)(H,26,31). The van der Waals surface area contributed by atoms with E-state index in [-0.39, 0.29) is 18.4 Å². The molecular weight excluding hydrogens is 422 g/mol. The van der Waals surface area contributed by atoms with Crippen LogP contribution in [0.3, 0.4) is 0 Å². The van der Waals surface area contributed by atoms with Crippen LogP contribution in [0.4, 0.5) is 5.69 Å². The van der Waals surface area contributed by atoms with Gasteiger partial charge in [0.05, 0.1) is 11.7 Å². The van der Waals surface area contributed by atoms with Gasteiger partial charge < -0.3 is 14.6 Å². The third-order valence-corrected chi connectivity index (χ3v) is 5.88. The fourth-order valence-corrected chi connectivity index (χ4v) is 4.16. The number of likely N-dealkylation sites (tertiary alicyclic amines) is 1. The van der Waals surface area contributed by atoms with E-state index in [9.17, 15) is 14.4 Å². The molecule has 1 saturated heterocycles. The van der Waals surface area contributed by atoms with E-state index in [4.69, 9.17) is 4.42 Å². The molecule has 0 saturated carbocycles. The molecule has 0 bridgehead atoms. The highest BCUT2D eigenvalue weighted by molar-refractivity contribution is 6.07. The van der Waals surface area contributed by atoms with Crippen molar-refractivity contribution in [3.8, 4) is 11.1 Å². The van der Waals surface area contributed by atoms with Gasteiger partial charge in [0.2, 0.25) is 5.91 Å². The largest absolute Gasteiger partial charge is 0.420 e. The summed E-state index contributed by atoms with van der Waals surface area (Å²) in [6.45, 7) is 1.32. The quantitative estimate of drug-likeness (QED) is 0.490. The number of aromatic amines is 1. The molecule has 5 rings (SSSR count). The van der Waals surface area contributed by atoms with Crippen molar-refractivity contribution in [2.45, 2.75) is 25.8 Å². The molecule has 1 aliphatic heterocycles. The average molecular weight is 445 g/mol. The average Bonchev–Trinajstić information content (AvgIpc) is 3.45. The summed E-state index contributed by atoms with van der Waals surface area (Å²) in [6.07, 6.45) is 4.67. The van der Waals surface area contributed by atoms with E-state index < -0.39 is 5.76 Å². The molecule has 9 nitrogen and oxygen atoms in total. The summed E-state index contributed by atoms with van der Waals surface area (Å²) in [4.78, 5) is 39.8. The smallest absolute Gasteiger partial charge is 0.408 e. The summed E-state index contributed by atoms with van der Waals surface area (Å²) < 4.78 is 6.62. The van der Waals surface area contributed by atoms with Gasteiger partial charge in [0.15, 0.2) is 5.58 Å². The Labute approximate surface area is 189 Å². The minimum Gasteiger partial charge on any atom is -0.408 e. The highest BCUT2D eigenvalue weighted by Crippen LogP contribution is 2.24. The molecule has 4 aromatic rings. The van der Waals surface area contributed by atoms with E-state index in [0.717, 1.165) is 24.8 Å². The zero-order chi connectivity index (χ0) is 22.8. The topological polar surface area (TPSA) is 113 Å². The number of fused-ring (bicyclic) bond motifs is 1. The van der Waals surface area contributed by atoms with Crippen LogP contribution in [0.2, 0.25) is 0 Å². The van der Waals surface area contributed by atoms with Crippen LogP contribution in [-0.2, 0) is 11.3 Å². The maximum atomic E-state index is 12.9. The molecule has 0 aliphatic carbocycles. The number of piperidine rings is 1. The molecule has 2 amide bonds. The molecule has 1 aliphatic rings. The minimum atomic E-state index is -0.598. The fourth-order valence-electron chi connectivity index (χ4n) is 4.16. The van der Waals surface area contributed by atoms with Gasteiger partial charge in [-0.3, -0.25) is 19.3 Å². The normalized spacial score (nSPS) is 13.9. The van der Waals surface area contributed by atoms with E-state index in [2.05, 4.69) is 15.5 Å². The van der Waals surface area contributed by atoms with Crippen LogP contribution in [0.5, 0.6) is 0 Å². The van der Waals surface area contributed by atoms with E-state index in [1.807, 2.05) is 30.3 Å². The van der Waals surface area contributed by atoms with Gasteiger partial charge in [-0.2, -0.15) is 5.10 Å². The van der Waals surface area contributed by atoms with Crippen molar-refractivity contribution in [3.63, 3.8) is 0 Å². The first-order valence-corrected chi connectivity index (χ1v) is 10.9. The molecule has 2 N–H and O–H groups in total. The van der Waals surface area contributed by atoms with Gasteiger partial charge in [0, 0.05) is 24.3 Å². The molecule has 0 unspecified atom stereocenters.